The average molecular weight is 619 g/mol. The first kappa shape index (κ1) is 30.7. The molecule has 2 aliphatic rings. The van der Waals surface area contributed by atoms with Crippen molar-refractivity contribution in [1.29, 1.82) is 0 Å². The molecular formula is C35H38N8O3. The van der Waals surface area contributed by atoms with Crippen molar-refractivity contribution in [2.75, 3.05) is 60.2 Å². The smallest absolute Gasteiger partial charge is 0.323 e. The van der Waals surface area contributed by atoms with Crippen molar-refractivity contribution in [1.82, 2.24) is 19.9 Å². The number of amides is 3. The number of nitrogens with zero attached hydrogens (tertiary/aromatic N) is 5. The third kappa shape index (κ3) is 8.24. The molecule has 236 valence electrons. The third-order valence-corrected chi connectivity index (χ3v) is 8.02. The van der Waals surface area contributed by atoms with Gasteiger partial charge in [0.15, 0.2) is 5.82 Å². The third-order valence-electron chi connectivity index (χ3n) is 8.02. The first-order valence-corrected chi connectivity index (χ1v) is 15.6. The molecule has 0 atom stereocenters. The molecule has 0 saturated carbocycles. The number of carbonyl (C=O) groups excluding carboxylic acids is 2. The molecule has 4 aromatic rings. The fourth-order valence-electron chi connectivity index (χ4n) is 5.30. The molecule has 2 saturated heterocycles. The second-order valence-electron chi connectivity index (χ2n) is 11.5. The van der Waals surface area contributed by atoms with Gasteiger partial charge in [-0.25, -0.2) is 4.79 Å². The number of nitrogens with one attached hydrogen (secondary N) is 3. The summed E-state index contributed by atoms with van der Waals surface area (Å²) in [6, 6.07) is 23.9. The number of piperidine rings is 1. The van der Waals surface area contributed by atoms with Gasteiger partial charge in [0.1, 0.15) is 0 Å². The molecule has 0 spiro atoms. The molecule has 3 heterocycles. The lowest BCUT2D eigenvalue weighted by Gasteiger charge is -2.30. The van der Waals surface area contributed by atoms with Gasteiger partial charge in [0.05, 0.1) is 13.2 Å². The number of morpholine rings is 1. The van der Waals surface area contributed by atoms with Crippen molar-refractivity contribution in [3.8, 4) is 0 Å². The summed E-state index contributed by atoms with van der Waals surface area (Å²) in [7, 11) is 0. The Hall–Kier alpha value is -5.29. The lowest BCUT2D eigenvalue weighted by atomic mass is 9.98. The maximum absolute atomic E-state index is 12.8. The van der Waals surface area contributed by atoms with E-state index in [4.69, 9.17) is 4.74 Å². The van der Waals surface area contributed by atoms with Crippen LogP contribution in [0.25, 0.3) is 12.2 Å². The summed E-state index contributed by atoms with van der Waals surface area (Å²) in [6.07, 6.45) is 5.91. The maximum Gasteiger partial charge on any atom is 0.323 e. The van der Waals surface area contributed by atoms with E-state index in [9.17, 15) is 9.59 Å². The number of aromatic nitrogens is 3. The van der Waals surface area contributed by atoms with Gasteiger partial charge in [0, 0.05) is 48.8 Å². The fraction of sp³-hybridized carbons (Fsp3) is 0.286. The number of carbonyl (C=O) groups is 2. The molecule has 3 aromatic carbocycles. The van der Waals surface area contributed by atoms with Crippen molar-refractivity contribution < 1.29 is 14.3 Å². The summed E-state index contributed by atoms with van der Waals surface area (Å²) >= 11 is 0. The standard InChI is InChI=1S/C35H38N8O3/c1-25-17-19-42(20-18-25)32(44)27-8-10-29(11-9-27)37-35(45)38-30-14-12-28(13-15-30)36-33-39-31(16-7-26-5-3-2-4-6-26)40-34(41-33)43-21-23-46-24-22-43/h2-16,25H,17-24H2,1H3,(H2,37,38,45)(H,36,39,40,41)/b16-7+. The van der Waals surface area contributed by atoms with Crippen molar-refractivity contribution in [2.45, 2.75) is 19.8 Å². The predicted molar refractivity (Wildman–Crippen MR) is 181 cm³/mol. The van der Waals surface area contributed by atoms with Crippen molar-refractivity contribution in [3.63, 3.8) is 0 Å². The Morgan fingerprint density at radius 2 is 1.39 bits per heavy atom. The van der Waals surface area contributed by atoms with Gasteiger partial charge in [0.25, 0.3) is 5.91 Å². The Morgan fingerprint density at radius 1 is 0.761 bits per heavy atom. The van der Waals surface area contributed by atoms with Gasteiger partial charge >= 0.3 is 6.03 Å². The SMILES string of the molecule is CC1CCN(C(=O)c2ccc(NC(=O)Nc3ccc(Nc4nc(/C=C/c5ccccc5)nc(N5CCOCC5)n4)cc3)cc2)CC1. The van der Waals surface area contributed by atoms with Crippen LogP contribution in [-0.4, -0.2) is 71.2 Å². The molecule has 46 heavy (non-hydrogen) atoms. The van der Waals surface area contributed by atoms with Crippen LogP contribution < -0.4 is 20.9 Å². The molecule has 6 rings (SSSR count). The number of benzene rings is 3. The molecule has 0 bridgehead atoms. The van der Waals surface area contributed by atoms with Crippen LogP contribution >= 0.6 is 0 Å². The van der Waals surface area contributed by atoms with Crippen LogP contribution in [0.1, 0.15) is 41.5 Å². The van der Waals surface area contributed by atoms with Gasteiger partial charge in [-0.3, -0.25) is 4.79 Å². The zero-order valence-electron chi connectivity index (χ0n) is 25.9. The first-order valence-electron chi connectivity index (χ1n) is 15.6. The Bertz CT molecular complexity index is 1650. The second-order valence-corrected chi connectivity index (χ2v) is 11.5. The van der Waals surface area contributed by atoms with Gasteiger partial charge < -0.3 is 30.5 Å². The van der Waals surface area contributed by atoms with Crippen molar-refractivity contribution in [2.24, 2.45) is 5.92 Å². The molecule has 0 unspecified atom stereocenters. The topological polar surface area (TPSA) is 125 Å². The summed E-state index contributed by atoms with van der Waals surface area (Å²) in [5.74, 6) is 2.23. The molecule has 0 radical (unpaired) electrons. The molecule has 3 N–H and O–H groups in total. The minimum atomic E-state index is -0.382. The Balaban J connectivity index is 1.07. The number of rotatable bonds is 8. The van der Waals surface area contributed by atoms with Crippen molar-refractivity contribution in [3.05, 3.63) is 95.8 Å². The van der Waals surface area contributed by atoms with Crippen LogP contribution in [0.5, 0.6) is 0 Å². The van der Waals surface area contributed by atoms with E-state index in [1.165, 1.54) is 0 Å². The van der Waals surface area contributed by atoms with E-state index >= 15 is 0 Å². The van der Waals surface area contributed by atoms with E-state index in [-0.39, 0.29) is 11.9 Å². The quantitative estimate of drug-likeness (QED) is 0.215. The molecule has 2 fully saturated rings. The monoisotopic (exact) mass is 618 g/mol. The number of ether oxygens (including phenoxy) is 1. The van der Waals surface area contributed by atoms with Gasteiger partial charge in [-0.05, 0) is 78.9 Å². The highest BCUT2D eigenvalue weighted by Gasteiger charge is 2.21. The highest BCUT2D eigenvalue weighted by molar-refractivity contribution is 6.00. The lowest BCUT2D eigenvalue weighted by Crippen LogP contribution is -2.37. The highest BCUT2D eigenvalue weighted by atomic mass is 16.5. The Morgan fingerprint density at radius 3 is 2.07 bits per heavy atom. The van der Waals surface area contributed by atoms with Crippen LogP contribution in [0.4, 0.5) is 33.8 Å². The van der Waals surface area contributed by atoms with Crippen LogP contribution in [0.15, 0.2) is 78.9 Å². The lowest BCUT2D eigenvalue weighted by molar-refractivity contribution is 0.0697. The summed E-state index contributed by atoms with van der Waals surface area (Å²) in [6.45, 7) is 6.44. The summed E-state index contributed by atoms with van der Waals surface area (Å²) in [5.41, 5.74) is 3.64. The first-order chi connectivity index (χ1) is 22.5. The van der Waals surface area contributed by atoms with E-state index in [2.05, 4.69) is 42.7 Å². The molecule has 1 aromatic heterocycles. The predicted octanol–water partition coefficient (Wildman–Crippen LogP) is 6.14. The van der Waals surface area contributed by atoms with Crippen LogP contribution in [0.3, 0.4) is 0 Å². The number of hydrogen-bond acceptors (Lipinski definition) is 8. The Labute approximate surface area is 268 Å². The minimum Gasteiger partial charge on any atom is -0.378 e. The average Bonchev–Trinajstić information content (AvgIpc) is 3.09. The van der Waals surface area contributed by atoms with E-state index in [1.54, 1.807) is 36.4 Å². The molecule has 2 aliphatic heterocycles. The van der Waals surface area contributed by atoms with E-state index in [0.717, 1.165) is 37.2 Å². The molecule has 0 aliphatic carbocycles. The fourth-order valence-corrected chi connectivity index (χ4v) is 5.30. The number of hydrogen-bond donors (Lipinski definition) is 3. The maximum atomic E-state index is 12.8. The summed E-state index contributed by atoms with van der Waals surface area (Å²) in [4.78, 5) is 43.5. The van der Waals surface area contributed by atoms with E-state index < -0.39 is 0 Å². The molecule has 11 nitrogen and oxygen atoms in total. The van der Waals surface area contributed by atoms with Gasteiger partial charge in [-0.2, -0.15) is 15.0 Å². The number of likely N-dealkylation sites (tertiary alicyclic amines) is 1. The van der Waals surface area contributed by atoms with Gasteiger partial charge in [0.2, 0.25) is 11.9 Å². The van der Waals surface area contributed by atoms with E-state index in [1.807, 2.05) is 59.5 Å². The molecule has 3 amide bonds. The van der Waals surface area contributed by atoms with Crippen LogP contribution in [-0.2, 0) is 4.74 Å². The Kier molecular flexibility index (Phi) is 9.79. The molecular weight excluding hydrogens is 580 g/mol. The van der Waals surface area contributed by atoms with Gasteiger partial charge in [-0.1, -0.05) is 43.3 Å². The zero-order valence-corrected chi connectivity index (χ0v) is 25.9. The summed E-state index contributed by atoms with van der Waals surface area (Å²) in [5, 5.41) is 8.94. The molecule has 11 heteroatoms. The minimum absolute atomic E-state index is 0.0333. The largest absolute Gasteiger partial charge is 0.378 e. The van der Waals surface area contributed by atoms with Crippen LogP contribution in [0.2, 0.25) is 0 Å². The second kappa shape index (κ2) is 14.7. The normalized spacial score (nSPS) is 15.5. The van der Waals surface area contributed by atoms with Crippen molar-refractivity contribution >= 4 is 53.0 Å². The van der Waals surface area contributed by atoms with Crippen LogP contribution in [0, 0.1) is 5.92 Å². The highest BCUT2D eigenvalue weighted by Crippen LogP contribution is 2.22. The van der Waals surface area contributed by atoms with E-state index in [0.29, 0.717) is 66.9 Å². The van der Waals surface area contributed by atoms with Gasteiger partial charge in [-0.15, -0.1) is 0 Å². The zero-order chi connectivity index (χ0) is 31.7. The number of anilines is 5. The number of urea groups is 1. The summed E-state index contributed by atoms with van der Waals surface area (Å²) < 4.78 is 5.50.